The fourth-order valence-electron chi connectivity index (χ4n) is 7.62. The van der Waals surface area contributed by atoms with Crippen LogP contribution >= 0.6 is 16.3 Å². The predicted molar refractivity (Wildman–Crippen MR) is 212 cm³/mol. The van der Waals surface area contributed by atoms with Crippen LogP contribution in [-0.4, -0.2) is 175 Å². The SMILES string of the molecule is Nc1nc2c(nc(-n3cc(COCCOCCOCc4cn(-c5nc6c(=O)[nH]c(N)nc6n5[C@@H]5OC6CO[PH](O)(O)O[C@H]6[C@@H]5O)nn4)nn3)n2[C@@H]2OC3CO[PH](O)(O)O[C@H]3C2O)c(=O)[nH]1. The van der Waals surface area contributed by atoms with Crippen LogP contribution < -0.4 is 22.6 Å². The standard InChI is InChI=1S/C30H40N16O17P2/c31-27-35-21-15(23(49)37-27)33-29(45(21)25-17(47)19-13(60-25)9-58-64(51,52)62-19)43-5-11(39-41-43)7-56-3-1-55-2-4-57-8-12-6-44(42-40-12)30-34-16-22(36-28(32)38-24(16)50)46(30)26-18(48)20-14(61-26)10-59-65(53,54)63-20/h5-6,13-14,17-20,25-26,47-48,51-54,64-65H,1-4,7-10H2,(H3,31,35,37,49)(H3,32,36,38,50)/t13?,14?,17-,18?,19+,20+,25+,26+/m0/s1. The molecule has 35 heteroatoms. The summed E-state index contributed by atoms with van der Waals surface area (Å²) >= 11 is 0. The second-order valence-electron chi connectivity index (χ2n) is 14.8. The monoisotopic (exact) mass is 958 g/mol. The van der Waals surface area contributed by atoms with E-state index < -0.39 is 76.5 Å². The second kappa shape index (κ2) is 16.9. The number of hydrogen-bond donors (Lipinski definition) is 10. The molecule has 352 valence electrons. The molecule has 0 aromatic carbocycles. The molecule has 0 amide bonds. The van der Waals surface area contributed by atoms with E-state index in [1.807, 2.05) is 0 Å². The van der Waals surface area contributed by atoms with Crippen molar-refractivity contribution >= 4 is 50.6 Å². The number of nitrogens with one attached hydrogen (secondary N) is 2. The number of nitrogens with zero attached hydrogens (tertiary/aromatic N) is 12. The molecular formula is C30H40N16O17P2. The van der Waals surface area contributed by atoms with Crippen molar-refractivity contribution in [1.82, 2.24) is 69.0 Å². The third-order valence-electron chi connectivity index (χ3n) is 10.4. The topological polar surface area (TPSA) is 445 Å². The molecule has 4 aliphatic rings. The number of aliphatic hydroxyl groups excluding tert-OH is 2. The van der Waals surface area contributed by atoms with Gasteiger partial charge in [0.05, 0.1) is 13.2 Å². The Morgan fingerprint density at radius 2 is 1.08 bits per heavy atom. The van der Waals surface area contributed by atoms with Crippen molar-refractivity contribution in [2.45, 2.75) is 62.3 Å². The number of imidazole rings is 2. The van der Waals surface area contributed by atoms with E-state index in [4.69, 9.17) is 53.2 Å². The van der Waals surface area contributed by atoms with Gasteiger partial charge in [0.15, 0.2) is 0 Å². The Hall–Kier alpha value is -5.16. The van der Waals surface area contributed by atoms with Crippen LogP contribution in [0.25, 0.3) is 34.2 Å². The van der Waals surface area contributed by atoms with Gasteiger partial charge in [-0.15, -0.1) is 0 Å². The molecule has 10 rings (SSSR count). The molecule has 12 N–H and O–H groups in total. The quantitative estimate of drug-likeness (QED) is 0.0360. The third kappa shape index (κ3) is 8.36. The molecule has 0 saturated carbocycles. The Balaban J connectivity index is 0.724. The fraction of sp³-hybridized carbons (Fsp3) is 0.533. The van der Waals surface area contributed by atoms with Crippen molar-refractivity contribution in [3.8, 4) is 11.9 Å². The first-order valence-corrected chi connectivity index (χ1v) is 22.9. The number of aromatic amines is 2. The number of nitrogens with two attached hydrogens (primary N) is 2. The number of rotatable bonds is 14. The molecule has 0 aliphatic carbocycles. The van der Waals surface area contributed by atoms with Crippen LogP contribution in [0.5, 0.6) is 0 Å². The summed E-state index contributed by atoms with van der Waals surface area (Å²) in [6, 6.07) is 0. The zero-order valence-electron chi connectivity index (χ0n) is 33.1. The fourth-order valence-corrected chi connectivity index (χ4v) is 9.81. The minimum absolute atomic E-state index is 0.00644. The zero-order valence-corrected chi connectivity index (χ0v) is 35.1. The first-order chi connectivity index (χ1) is 31.1. The number of ether oxygens (including phenoxy) is 5. The number of fused-ring (bicyclic) bond motifs is 4. The molecule has 33 nitrogen and oxygen atoms in total. The molecule has 6 aromatic rings. The molecule has 4 aliphatic heterocycles. The Morgan fingerprint density at radius 1 is 0.662 bits per heavy atom. The van der Waals surface area contributed by atoms with Crippen LogP contribution in [0.1, 0.15) is 23.8 Å². The first kappa shape index (κ1) is 43.7. The van der Waals surface area contributed by atoms with Gasteiger partial charge in [-0.1, -0.05) is 0 Å². The van der Waals surface area contributed by atoms with Crippen LogP contribution in [-0.2, 0) is 55.0 Å². The Morgan fingerprint density at radius 3 is 1.51 bits per heavy atom. The van der Waals surface area contributed by atoms with E-state index in [9.17, 15) is 39.4 Å². The Kier molecular flexibility index (Phi) is 11.4. The van der Waals surface area contributed by atoms with E-state index in [1.54, 1.807) is 0 Å². The number of hydrogen-bond acceptors (Lipinski definition) is 27. The average molecular weight is 959 g/mol. The van der Waals surface area contributed by atoms with E-state index in [0.29, 0.717) is 11.4 Å². The van der Waals surface area contributed by atoms with Crippen LogP contribution in [0.4, 0.5) is 11.9 Å². The predicted octanol–water partition coefficient (Wildman–Crippen LogP) is -5.24. The summed E-state index contributed by atoms with van der Waals surface area (Å²) in [5, 5.41) is 38.8. The van der Waals surface area contributed by atoms with Crippen LogP contribution in [0, 0.1) is 0 Å². The number of nitrogen functional groups attached to an aromatic ring is 2. The summed E-state index contributed by atoms with van der Waals surface area (Å²) in [5.41, 5.74) is 10.6. The van der Waals surface area contributed by atoms with Crippen LogP contribution in [0.2, 0.25) is 0 Å². The molecule has 4 saturated heterocycles. The van der Waals surface area contributed by atoms with E-state index in [2.05, 4.69) is 50.5 Å². The van der Waals surface area contributed by atoms with E-state index in [1.165, 1.54) is 30.9 Å². The summed E-state index contributed by atoms with van der Waals surface area (Å²) in [4.78, 5) is 87.2. The van der Waals surface area contributed by atoms with E-state index >= 15 is 0 Å². The van der Waals surface area contributed by atoms with Crippen LogP contribution in [0.3, 0.4) is 0 Å². The number of aliphatic hydroxyl groups is 2. The van der Waals surface area contributed by atoms with Crippen molar-refractivity contribution in [2.24, 2.45) is 0 Å². The summed E-state index contributed by atoms with van der Waals surface area (Å²) in [6.07, 6.45) is -6.80. The molecule has 0 radical (unpaired) electrons. The number of anilines is 2. The van der Waals surface area contributed by atoms with Crippen molar-refractivity contribution < 1.29 is 71.6 Å². The van der Waals surface area contributed by atoms with Gasteiger partial charge in [0.2, 0.25) is 0 Å². The van der Waals surface area contributed by atoms with Gasteiger partial charge in [-0.2, -0.15) is 0 Å². The van der Waals surface area contributed by atoms with Crippen LogP contribution in [0.15, 0.2) is 22.0 Å². The Bertz CT molecular complexity index is 2660. The van der Waals surface area contributed by atoms with Crippen molar-refractivity contribution in [1.29, 1.82) is 0 Å². The molecule has 3 unspecified atom stereocenters. The minimum atomic E-state index is -4.50. The summed E-state index contributed by atoms with van der Waals surface area (Å²) in [6.45, 7) is 0.0884. The van der Waals surface area contributed by atoms with Gasteiger partial charge in [-0.25, -0.2) is 0 Å². The molecule has 10 heterocycles. The Labute approximate surface area is 360 Å². The second-order valence-corrected chi connectivity index (χ2v) is 18.1. The number of H-pyrrole nitrogens is 2. The molecule has 65 heavy (non-hydrogen) atoms. The molecule has 0 spiro atoms. The molecular weight excluding hydrogens is 918 g/mol. The van der Waals surface area contributed by atoms with Gasteiger partial charge >= 0.3 is 343 Å². The van der Waals surface area contributed by atoms with Gasteiger partial charge in [0, 0.05) is 0 Å². The van der Waals surface area contributed by atoms with E-state index in [0.717, 1.165) is 0 Å². The maximum atomic E-state index is 12.8. The van der Waals surface area contributed by atoms with Crippen molar-refractivity contribution in [2.75, 3.05) is 51.1 Å². The summed E-state index contributed by atoms with van der Waals surface area (Å²) in [7, 11) is -9.00. The van der Waals surface area contributed by atoms with Gasteiger partial charge in [0.25, 0.3) is 0 Å². The van der Waals surface area contributed by atoms with E-state index in [-0.39, 0.29) is 99.0 Å². The summed E-state index contributed by atoms with van der Waals surface area (Å²) in [5.74, 6) is -0.556. The molecule has 0 bridgehead atoms. The number of aromatic nitrogens is 14. The molecule has 6 aromatic heterocycles. The molecule has 4 fully saturated rings. The first-order valence-electron chi connectivity index (χ1n) is 19.4. The summed E-state index contributed by atoms with van der Waals surface area (Å²) < 4.78 is 54.3. The van der Waals surface area contributed by atoms with Crippen molar-refractivity contribution in [3.05, 3.63) is 44.5 Å². The molecule has 8 atom stereocenters. The van der Waals surface area contributed by atoms with Gasteiger partial charge < -0.3 is 4.74 Å². The van der Waals surface area contributed by atoms with Gasteiger partial charge in [0.1, 0.15) is 0 Å². The maximum absolute atomic E-state index is 12.8. The van der Waals surface area contributed by atoms with Gasteiger partial charge in [-0.05, 0) is 0 Å². The average Bonchev–Trinajstić information content (AvgIpc) is 4.11. The third-order valence-corrected chi connectivity index (χ3v) is 12.7. The normalized spacial score (nSPS) is 28.2. The zero-order chi connectivity index (χ0) is 45.4. The van der Waals surface area contributed by atoms with Crippen molar-refractivity contribution in [3.63, 3.8) is 0 Å². The van der Waals surface area contributed by atoms with Gasteiger partial charge in [-0.3, -0.25) is 0 Å².